The van der Waals surface area contributed by atoms with E-state index in [0.29, 0.717) is 0 Å². The van der Waals surface area contributed by atoms with Gasteiger partial charge in [0, 0.05) is 16.5 Å². The minimum atomic E-state index is 0.755. The summed E-state index contributed by atoms with van der Waals surface area (Å²) in [4.78, 5) is 9.53. The quantitative estimate of drug-likeness (QED) is 0.363. The predicted octanol–water partition coefficient (Wildman–Crippen LogP) is 6.64. The van der Waals surface area contributed by atoms with Crippen molar-refractivity contribution in [2.75, 3.05) is 0 Å². The highest BCUT2D eigenvalue weighted by atomic mass is 32.1. The van der Waals surface area contributed by atoms with Crippen molar-refractivity contribution in [1.82, 2.24) is 4.98 Å². The van der Waals surface area contributed by atoms with Gasteiger partial charge in [0.25, 0.3) is 0 Å². The van der Waals surface area contributed by atoms with Crippen molar-refractivity contribution < 1.29 is 0 Å². The standard InChI is InChI=1S/C24H18N2S/c1-4-10-19(11-5-1)16-17-22(20-12-6-2-7-13-20)25-24-26-23(18-27-24)21-14-8-3-9-15-21/h1-18H. The van der Waals surface area contributed by atoms with Crippen LogP contribution >= 0.6 is 11.3 Å². The molecular weight excluding hydrogens is 348 g/mol. The first-order valence-electron chi connectivity index (χ1n) is 8.77. The fraction of sp³-hybridized carbons (Fsp3) is 0. The minimum Gasteiger partial charge on any atom is -0.219 e. The molecule has 0 saturated heterocycles. The van der Waals surface area contributed by atoms with Gasteiger partial charge in [-0.3, -0.25) is 0 Å². The van der Waals surface area contributed by atoms with Crippen LogP contribution in [0.2, 0.25) is 0 Å². The zero-order chi connectivity index (χ0) is 18.3. The lowest BCUT2D eigenvalue weighted by Gasteiger charge is -2.01. The number of nitrogens with zero attached hydrogens (tertiary/aromatic N) is 2. The number of allylic oxidation sites excluding steroid dienone is 1. The number of aromatic nitrogens is 1. The summed E-state index contributed by atoms with van der Waals surface area (Å²) in [5.74, 6) is 0. The Hall–Kier alpha value is -3.30. The van der Waals surface area contributed by atoms with Gasteiger partial charge in [0.1, 0.15) is 0 Å². The number of hydrogen-bond acceptors (Lipinski definition) is 3. The van der Waals surface area contributed by atoms with Gasteiger partial charge < -0.3 is 0 Å². The van der Waals surface area contributed by atoms with Crippen molar-refractivity contribution in [3.8, 4) is 11.3 Å². The van der Waals surface area contributed by atoms with Gasteiger partial charge in [-0.2, -0.15) is 0 Å². The second-order valence-electron chi connectivity index (χ2n) is 5.99. The topological polar surface area (TPSA) is 25.2 Å². The van der Waals surface area contributed by atoms with E-state index in [-0.39, 0.29) is 0 Å². The molecule has 0 aliphatic carbocycles. The molecule has 130 valence electrons. The van der Waals surface area contributed by atoms with E-state index in [2.05, 4.69) is 47.9 Å². The van der Waals surface area contributed by atoms with Gasteiger partial charge in [0.2, 0.25) is 5.13 Å². The first-order valence-corrected chi connectivity index (χ1v) is 9.65. The van der Waals surface area contributed by atoms with E-state index in [4.69, 9.17) is 9.98 Å². The van der Waals surface area contributed by atoms with Gasteiger partial charge >= 0.3 is 0 Å². The highest BCUT2D eigenvalue weighted by molar-refractivity contribution is 7.13. The van der Waals surface area contributed by atoms with Crippen molar-refractivity contribution in [2.45, 2.75) is 0 Å². The van der Waals surface area contributed by atoms with E-state index >= 15 is 0 Å². The average molecular weight is 366 g/mol. The van der Waals surface area contributed by atoms with Crippen LogP contribution in [0.25, 0.3) is 17.3 Å². The third kappa shape index (κ3) is 4.46. The molecule has 0 aliphatic heterocycles. The van der Waals surface area contributed by atoms with Crippen LogP contribution in [-0.2, 0) is 0 Å². The molecule has 0 N–H and O–H groups in total. The molecular formula is C24H18N2S. The first-order chi connectivity index (χ1) is 13.4. The van der Waals surface area contributed by atoms with E-state index in [1.54, 1.807) is 11.3 Å². The molecule has 4 rings (SSSR count). The fourth-order valence-corrected chi connectivity index (χ4v) is 3.41. The molecule has 0 spiro atoms. The zero-order valence-corrected chi connectivity index (χ0v) is 15.5. The lowest BCUT2D eigenvalue weighted by Crippen LogP contribution is -1.95. The normalized spacial score (nSPS) is 11.8. The second-order valence-corrected chi connectivity index (χ2v) is 6.82. The van der Waals surface area contributed by atoms with E-state index in [9.17, 15) is 0 Å². The highest BCUT2D eigenvalue weighted by Gasteiger charge is 2.06. The summed E-state index contributed by atoms with van der Waals surface area (Å²) in [5, 5.41) is 2.81. The molecule has 1 heterocycles. The van der Waals surface area contributed by atoms with Crippen LogP contribution < -0.4 is 0 Å². The van der Waals surface area contributed by atoms with E-state index in [1.165, 1.54) is 0 Å². The summed E-state index contributed by atoms with van der Waals surface area (Å²) < 4.78 is 0. The number of benzene rings is 3. The average Bonchev–Trinajstić information content (AvgIpc) is 3.22. The van der Waals surface area contributed by atoms with Crippen LogP contribution in [0, 0.1) is 0 Å². The molecule has 0 atom stereocenters. The van der Waals surface area contributed by atoms with Gasteiger partial charge in [0.15, 0.2) is 0 Å². The van der Waals surface area contributed by atoms with Crippen molar-refractivity contribution in [2.24, 2.45) is 4.99 Å². The molecule has 0 bridgehead atoms. The Labute approximate surface area is 163 Å². The van der Waals surface area contributed by atoms with Crippen molar-refractivity contribution in [3.63, 3.8) is 0 Å². The Kier molecular flexibility index (Phi) is 5.32. The molecule has 0 amide bonds. The lowest BCUT2D eigenvalue weighted by atomic mass is 10.1. The molecule has 3 heteroatoms. The molecule has 0 aliphatic rings. The Morgan fingerprint density at radius 2 is 1.41 bits per heavy atom. The summed E-state index contributed by atoms with van der Waals surface area (Å²) in [6, 6.07) is 30.6. The van der Waals surface area contributed by atoms with E-state index in [0.717, 1.165) is 33.2 Å². The highest BCUT2D eigenvalue weighted by Crippen LogP contribution is 2.27. The maximum absolute atomic E-state index is 4.83. The summed E-state index contributed by atoms with van der Waals surface area (Å²) in [6.45, 7) is 0. The smallest absolute Gasteiger partial charge is 0.210 e. The molecule has 4 aromatic rings. The third-order valence-corrected chi connectivity index (χ3v) is 4.81. The van der Waals surface area contributed by atoms with E-state index < -0.39 is 0 Å². The SMILES string of the molecule is C(=Cc1ccccc1)C(=Nc1nc(-c2ccccc2)cs1)c1ccccc1. The summed E-state index contributed by atoms with van der Waals surface area (Å²) >= 11 is 1.56. The number of hydrogen-bond donors (Lipinski definition) is 0. The fourth-order valence-electron chi connectivity index (χ4n) is 2.71. The second kappa shape index (κ2) is 8.39. The Bertz CT molecular complexity index is 1050. The van der Waals surface area contributed by atoms with Crippen LogP contribution in [0.15, 0.2) is 107 Å². The van der Waals surface area contributed by atoms with Gasteiger partial charge in [-0.05, 0) is 11.6 Å². The largest absolute Gasteiger partial charge is 0.219 e. The molecule has 0 fully saturated rings. The Balaban J connectivity index is 1.68. The molecule has 3 aromatic carbocycles. The molecule has 27 heavy (non-hydrogen) atoms. The monoisotopic (exact) mass is 366 g/mol. The van der Waals surface area contributed by atoms with Crippen LogP contribution in [0.4, 0.5) is 5.13 Å². The zero-order valence-electron chi connectivity index (χ0n) is 14.7. The summed E-state index contributed by atoms with van der Waals surface area (Å²) in [5.41, 5.74) is 5.18. The Morgan fingerprint density at radius 3 is 2.11 bits per heavy atom. The molecule has 0 saturated carbocycles. The van der Waals surface area contributed by atoms with Gasteiger partial charge in [-0.1, -0.05) is 97.1 Å². The minimum absolute atomic E-state index is 0.755. The van der Waals surface area contributed by atoms with Crippen LogP contribution in [0.5, 0.6) is 0 Å². The maximum atomic E-state index is 4.83. The summed E-state index contributed by atoms with van der Waals surface area (Å²) in [7, 11) is 0. The molecule has 2 nitrogen and oxygen atoms in total. The maximum Gasteiger partial charge on any atom is 0.210 e. The first kappa shape index (κ1) is 17.1. The number of thiazole rings is 1. The number of aliphatic imine (C=N–C) groups is 1. The summed E-state index contributed by atoms with van der Waals surface area (Å²) in [6.07, 6.45) is 4.13. The molecule has 1 aromatic heterocycles. The lowest BCUT2D eigenvalue weighted by molar-refractivity contribution is 1.35. The van der Waals surface area contributed by atoms with Crippen molar-refractivity contribution in [1.29, 1.82) is 0 Å². The van der Waals surface area contributed by atoms with Crippen LogP contribution in [0.1, 0.15) is 11.1 Å². The van der Waals surface area contributed by atoms with Gasteiger partial charge in [-0.25, -0.2) is 9.98 Å². The van der Waals surface area contributed by atoms with Gasteiger partial charge in [0.05, 0.1) is 11.4 Å². The van der Waals surface area contributed by atoms with Crippen molar-refractivity contribution >= 4 is 28.3 Å². The predicted molar refractivity (Wildman–Crippen MR) is 116 cm³/mol. The Morgan fingerprint density at radius 1 is 0.778 bits per heavy atom. The molecule has 0 radical (unpaired) electrons. The van der Waals surface area contributed by atoms with Crippen molar-refractivity contribution in [3.05, 3.63) is 114 Å². The third-order valence-electron chi connectivity index (χ3n) is 4.08. The van der Waals surface area contributed by atoms with Gasteiger partial charge in [-0.15, -0.1) is 11.3 Å². The van der Waals surface area contributed by atoms with Crippen LogP contribution in [0.3, 0.4) is 0 Å². The van der Waals surface area contributed by atoms with Crippen LogP contribution in [-0.4, -0.2) is 10.7 Å². The van der Waals surface area contributed by atoms with E-state index in [1.807, 2.05) is 60.7 Å². The molecule has 0 unspecified atom stereocenters. The number of rotatable bonds is 5.